The van der Waals surface area contributed by atoms with Crippen molar-refractivity contribution in [3.05, 3.63) is 64.7 Å². The van der Waals surface area contributed by atoms with Gasteiger partial charge < -0.3 is 35.4 Å². The quantitative estimate of drug-likeness (QED) is 0.166. The molecule has 3 aliphatic rings. The van der Waals surface area contributed by atoms with Gasteiger partial charge in [-0.25, -0.2) is 0 Å². The van der Waals surface area contributed by atoms with Crippen molar-refractivity contribution >= 4 is 40.9 Å². The lowest BCUT2D eigenvalue weighted by molar-refractivity contribution is -0.145. The van der Waals surface area contributed by atoms with E-state index in [1.54, 1.807) is 30.3 Å². The Morgan fingerprint density at radius 1 is 1.04 bits per heavy atom. The van der Waals surface area contributed by atoms with Crippen LogP contribution in [0, 0.1) is 11.3 Å². The maximum atomic E-state index is 14.7. The van der Waals surface area contributed by atoms with E-state index in [1.165, 1.54) is 25.5 Å². The van der Waals surface area contributed by atoms with Crippen molar-refractivity contribution in [2.75, 3.05) is 20.8 Å². The number of carbonyl (C=O) groups excluding carboxylic acids is 4. The van der Waals surface area contributed by atoms with Crippen molar-refractivity contribution in [2.24, 2.45) is 11.3 Å². The van der Waals surface area contributed by atoms with E-state index < -0.39 is 53.0 Å². The lowest BCUT2D eigenvalue weighted by atomic mass is 9.84. The Labute approximate surface area is 335 Å². The number of nitrogens with one attached hydrogen (secondary N) is 4. The molecule has 2 aromatic rings. The molecule has 13 nitrogen and oxygen atoms in total. The normalized spacial score (nSPS) is 21.4. The van der Waals surface area contributed by atoms with Crippen molar-refractivity contribution in [1.82, 2.24) is 26.3 Å². The zero-order valence-corrected chi connectivity index (χ0v) is 34.2. The van der Waals surface area contributed by atoms with Crippen molar-refractivity contribution in [3.63, 3.8) is 0 Å². The number of methoxy groups -OCH3 is 2. The lowest BCUT2D eigenvalue weighted by Crippen LogP contribution is -2.59. The average Bonchev–Trinajstić information content (AvgIpc) is 3.78. The SMILES string of the molecule is CCC[C@H](NC(=O)[C@@H]1C[C@]2(C=C(c3cccc(Cl)c3)NO2)CN1C(=O)[C@@H](NC(=O)CC1CCCCC1)C(C)(C)C)C(O)C(=O)NCc1cc(OC)cc(OC)c1. The number of benzene rings is 2. The Hall–Kier alpha value is -4.33. The number of carbonyl (C=O) groups is 4. The summed E-state index contributed by atoms with van der Waals surface area (Å²) in [4.78, 5) is 63.6. The van der Waals surface area contributed by atoms with Crippen LogP contribution in [0.25, 0.3) is 5.70 Å². The monoisotopic (exact) mass is 795 g/mol. The number of hydroxylamine groups is 1. The largest absolute Gasteiger partial charge is 0.497 e. The van der Waals surface area contributed by atoms with Gasteiger partial charge in [0, 0.05) is 36.0 Å². The Kier molecular flexibility index (Phi) is 14.3. The summed E-state index contributed by atoms with van der Waals surface area (Å²) in [6.07, 6.45) is 6.87. The van der Waals surface area contributed by atoms with Gasteiger partial charge in [-0.05, 0) is 66.5 Å². The third kappa shape index (κ3) is 10.7. The lowest BCUT2D eigenvalue weighted by Gasteiger charge is -2.36. The summed E-state index contributed by atoms with van der Waals surface area (Å²) in [6, 6.07) is 9.49. The highest BCUT2D eigenvalue weighted by Crippen LogP contribution is 2.39. The minimum absolute atomic E-state index is 0.0115. The number of nitrogens with zero attached hydrogens (tertiary/aromatic N) is 1. The number of hydrogen-bond acceptors (Lipinski definition) is 9. The summed E-state index contributed by atoms with van der Waals surface area (Å²) >= 11 is 6.29. The Morgan fingerprint density at radius 3 is 2.36 bits per heavy atom. The number of likely N-dealkylation sites (tertiary alicyclic amines) is 1. The second-order valence-corrected chi connectivity index (χ2v) is 16.8. The molecule has 5 atom stereocenters. The summed E-state index contributed by atoms with van der Waals surface area (Å²) < 4.78 is 10.7. The first-order valence-electron chi connectivity index (χ1n) is 19.7. The third-order valence-electron chi connectivity index (χ3n) is 10.9. The van der Waals surface area contributed by atoms with Gasteiger partial charge in [0.05, 0.1) is 32.5 Å². The molecular weight excluding hydrogens is 738 g/mol. The molecule has 0 aromatic heterocycles. The molecule has 2 aliphatic heterocycles. The van der Waals surface area contributed by atoms with Crippen molar-refractivity contribution < 1.29 is 38.6 Å². The molecule has 1 aliphatic carbocycles. The number of aliphatic hydroxyl groups is 1. The molecular formula is C42H58ClN5O8. The van der Waals surface area contributed by atoms with Gasteiger partial charge in [0.2, 0.25) is 17.7 Å². The first-order valence-corrected chi connectivity index (χ1v) is 20.0. The minimum Gasteiger partial charge on any atom is -0.497 e. The van der Waals surface area contributed by atoms with Crippen LogP contribution < -0.4 is 30.9 Å². The second kappa shape index (κ2) is 18.7. The van der Waals surface area contributed by atoms with Crippen LogP contribution in [-0.2, 0) is 30.6 Å². The Morgan fingerprint density at radius 2 is 1.73 bits per heavy atom. The summed E-state index contributed by atoms with van der Waals surface area (Å²) in [6.45, 7) is 7.63. The van der Waals surface area contributed by atoms with E-state index in [4.69, 9.17) is 25.9 Å². The molecule has 5 rings (SSSR count). The van der Waals surface area contributed by atoms with Gasteiger partial charge in [0.1, 0.15) is 29.2 Å². The van der Waals surface area contributed by atoms with E-state index in [1.807, 2.05) is 45.9 Å². The average molecular weight is 796 g/mol. The molecule has 1 unspecified atom stereocenters. The van der Waals surface area contributed by atoms with Crippen LogP contribution in [0.15, 0.2) is 48.5 Å². The highest BCUT2D eigenvalue weighted by atomic mass is 35.5. The fourth-order valence-electron chi connectivity index (χ4n) is 7.85. The van der Waals surface area contributed by atoms with E-state index in [0.29, 0.717) is 40.6 Å². The van der Waals surface area contributed by atoms with E-state index in [2.05, 4.69) is 21.4 Å². The van der Waals surface area contributed by atoms with Crippen LogP contribution in [0.3, 0.4) is 0 Å². The van der Waals surface area contributed by atoms with Crippen LogP contribution in [-0.4, -0.2) is 84.2 Å². The van der Waals surface area contributed by atoms with Gasteiger partial charge in [-0.3, -0.25) is 29.5 Å². The number of halogens is 1. The van der Waals surface area contributed by atoms with E-state index in [0.717, 1.165) is 31.2 Å². The number of amides is 4. The number of hydrogen-bond donors (Lipinski definition) is 5. The van der Waals surface area contributed by atoms with Crippen molar-refractivity contribution in [2.45, 2.75) is 122 Å². The van der Waals surface area contributed by atoms with Gasteiger partial charge in [-0.1, -0.05) is 77.1 Å². The Balaban J connectivity index is 1.38. The third-order valence-corrected chi connectivity index (χ3v) is 11.2. The predicted molar refractivity (Wildman–Crippen MR) is 213 cm³/mol. The molecule has 2 fully saturated rings. The summed E-state index contributed by atoms with van der Waals surface area (Å²) in [5.41, 5.74) is 3.28. The topological polar surface area (TPSA) is 168 Å². The number of rotatable bonds is 15. The standard InChI is InChI=1S/C42H58ClN5O8/c1-7-12-32(36(50)39(52)44-24-27-17-30(54-5)21-31(18-27)55-6)45-38(51)34-23-42(22-33(47-56-42)28-15-11-16-29(43)20-28)25-48(34)40(53)37(41(2,3)4)46-35(49)19-26-13-9-8-10-14-26/h11,15-18,20-22,26,32,34,36-37,47,50H,7-10,12-14,19,23-25H2,1-6H3,(H,44,52)(H,45,51)(H,46,49)/t32-,34-,36?,37+,42+/m0/s1. The van der Waals surface area contributed by atoms with Crippen molar-refractivity contribution in [1.29, 1.82) is 0 Å². The molecule has 5 N–H and O–H groups in total. The summed E-state index contributed by atoms with van der Waals surface area (Å²) in [7, 11) is 3.06. The molecule has 1 spiro atoms. The van der Waals surface area contributed by atoms with Gasteiger partial charge in [0.15, 0.2) is 6.10 Å². The van der Waals surface area contributed by atoms with Gasteiger partial charge in [-0.2, -0.15) is 0 Å². The highest BCUT2D eigenvalue weighted by Gasteiger charge is 2.54. The predicted octanol–water partition coefficient (Wildman–Crippen LogP) is 5.04. The summed E-state index contributed by atoms with van der Waals surface area (Å²) in [5, 5.41) is 20.5. The molecule has 306 valence electrons. The number of aliphatic hydroxyl groups excluding tert-OH is 1. The first kappa shape index (κ1) is 42.8. The van der Waals surface area contributed by atoms with Crippen LogP contribution in [0.5, 0.6) is 11.5 Å². The molecule has 2 aromatic carbocycles. The fraction of sp³-hybridized carbons (Fsp3) is 0.571. The van der Waals surface area contributed by atoms with E-state index >= 15 is 0 Å². The fourth-order valence-corrected chi connectivity index (χ4v) is 8.04. The molecule has 4 amide bonds. The maximum Gasteiger partial charge on any atom is 0.251 e. The van der Waals surface area contributed by atoms with E-state index in [9.17, 15) is 24.3 Å². The molecule has 1 saturated heterocycles. The zero-order chi connectivity index (χ0) is 40.6. The molecule has 1 saturated carbocycles. The van der Waals surface area contributed by atoms with Gasteiger partial charge in [-0.15, -0.1) is 0 Å². The maximum absolute atomic E-state index is 14.7. The number of ether oxygens (including phenoxy) is 2. The van der Waals surface area contributed by atoms with Crippen LogP contribution in [0.4, 0.5) is 0 Å². The zero-order valence-electron chi connectivity index (χ0n) is 33.4. The van der Waals surface area contributed by atoms with Gasteiger partial charge >= 0.3 is 0 Å². The Bertz CT molecular complexity index is 1740. The molecule has 2 heterocycles. The molecule has 0 radical (unpaired) electrons. The minimum atomic E-state index is -1.59. The first-order chi connectivity index (χ1) is 26.6. The van der Waals surface area contributed by atoms with E-state index in [-0.39, 0.29) is 37.8 Å². The smallest absolute Gasteiger partial charge is 0.251 e. The molecule has 14 heteroatoms. The summed E-state index contributed by atoms with van der Waals surface area (Å²) in [5.74, 6) is -0.456. The second-order valence-electron chi connectivity index (χ2n) is 16.4. The van der Waals surface area contributed by atoms with Crippen LogP contribution >= 0.6 is 11.6 Å². The van der Waals surface area contributed by atoms with Crippen LogP contribution in [0.1, 0.15) is 96.6 Å². The molecule has 0 bridgehead atoms. The van der Waals surface area contributed by atoms with Crippen molar-refractivity contribution in [3.8, 4) is 11.5 Å². The highest BCUT2D eigenvalue weighted by molar-refractivity contribution is 6.30. The van der Waals surface area contributed by atoms with Gasteiger partial charge in [0.25, 0.3) is 5.91 Å². The molecule has 56 heavy (non-hydrogen) atoms. The van der Waals surface area contributed by atoms with Crippen LogP contribution in [0.2, 0.25) is 5.02 Å².